The van der Waals surface area contributed by atoms with Crippen molar-refractivity contribution in [3.8, 4) is 22.6 Å². The van der Waals surface area contributed by atoms with Crippen LogP contribution in [0.5, 0.6) is 11.5 Å². The van der Waals surface area contributed by atoms with Crippen molar-refractivity contribution in [1.82, 2.24) is 24.7 Å². The van der Waals surface area contributed by atoms with Crippen LogP contribution < -0.4 is 15.2 Å². The van der Waals surface area contributed by atoms with Crippen LogP contribution in [-0.4, -0.2) is 31.8 Å². The monoisotopic (exact) mass is 446 g/mol. The quantitative estimate of drug-likeness (QED) is 0.461. The Kier molecular flexibility index (Phi) is 5.32. The van der Waals surface area contributed by atoms with Gasteiger partial charge in [-0.15, -0.1) is 0 Å². The molecule has 4 rings (SSSR count). The summed E-state index contributed by atoms with van der Waals surface area (Å²) in [6.45, 7) is 1.73. The van der Waals surface area contributed by atoms with Gasteiger partial charge in [0.15, 0.2) is 17.7 Å². The Morgan fingerprint density at radius 2 is 1.94 bits per heavy atom. The Bertz CT molecular complexity index is 1300. The average molecular weight is 447 g/mol. The minimum Gasteiger partial charge on any atom is -0.496 e. The summed E-state index contributed by atoms with van der Waals surface area (Å²) in [5.74, 6) is -0.789. The predicted octanol–water partition coefficient (Wildman–Crippen LogP) is 4.09. The van der Waals surface area contributed by atoms with Crippen LogP contribution in [0.1, 0.15) is 18.9 Å². The molecular formula is C20H17ClF2N6O2. The van der Waals surface area contributed by atoms with Crippen LogP contribution >= 0.6 is 11.6 Å². The van der Waals surface area contributed by atoms with Crippen molar-refractivity contribution in [2.24, 2.45) is 7.05 Å². The van der Waals surface area contributed by atoms with Crippen molar-refractivity contribution in [3.05, 3.63) is 53.3 Å². The van der Waals surface area contributed by atoms with Crippen LogP contribution in [0.4, 0.5) is 14.6 Å². The number of methoxy groups -OCH3 is 1. The summed E-state index contributed by atoms with van der Waals surface area (Å²) in [5, 5.41) is 3.94. The van der Waals surface area contributed by atoms with Gasteiger partial charge >= 0.3 is 0 Å². The summed E-state index contributed by atoms with van der Waals surface area (Å²) in [4.78, 5) is 12.4. The zero-order valence-electron chi connectivity index (χ0n) is 16.7. The highest BCUT2D eigenvalue weighted by atomic mass is 35.5. The fraction of sp³-hybridized carbons (Fsp3) is 0.200. The van der Waals surface area contributed by atoms with E-state index in [9.17, 15) is 4.39 Å². The molecule has 0 aliphatic heterocycles. The molecule has 8 nitrogen and oxygen atoms in total. The lowest BCUT2D eigenvalue weighted by Crippen LogP contribution is -2.08. The fourth-order valence-electron chi connectivity index (χ4n) is 3.23. The number of ether oxygens (including phenoxy) is 2. The Hall–Kier alpha value is -3.53. The van der Waals surface area contributed by atoms with Gasteiger partial charge in [-0.25, -0.2) is 23.7 Å². The van der Waals surface area contributed by atoms with E-state index >= 15 is 4.39 Å². The highest BCUT2D eigenvalue weighted by Gasteiger charge is 2.25. The van der Waals surface area contributed by atoms with Gasteiger partial charge in [0.2, 0.25) is 0 Å². The number of aryl methyl sites for hydroxylation is 1. The predicted molar refractivity (Wildman–Crippen MR) is 111 cm³/mol. The molecule has 0 amide bonds. The standard InChI is InChI=1S/C20H17ClF2N6O2/c1-9(20-27-8-29(2)28-20)31-13-6-12(30-3)15-18(25-7-26-19(15)24)14(13)10-4-5-11(22)16(21)17(10)23/h4-9H,1-3H3,(H2,24,25,26)/t9-/m1/s1. The van der Waals surface area contributed by atoms with Crippen LogP contribution in [-0.2, 0) is 7.05 Å². The van der Waals surface area contributed by atoms with E-state index in [-0.39, 0.29) is 28.2 Å². The molecule has 0 radical (unpaired) electrons. The van der Waals surface area contributed by atoms with E-state index in [0.717, 1.165) is 6.07 Å². The number of hydrogen-bond acceptors (Lipinski definition) is 7. The molecule has 31 heavy (non-hydrogen) atoms. The Labute approximate surface area is 180 Å². The number of nitrogens with zero attached hydrogens (tertiary/aromatic N) is 5. The molecular weight excluding hydrogens is 430 g/mol. The van der Waals surface area contributed by atoms with Gasteiger partial charge in [0, 0.05) is 18.7 Å². The number of aromatic nitrogens is 5. The van der Waals surface area contributed by atoms with Crippen LogP contribution in [0.2, 0.25) is 5.02 Å². The molecule has 0 aliphatic carbocycles. The summed E-state index contributed by atoms with van der Waals surface area (Å²) in [7, 11) is 3.17. The lowest BCUT2D eigenvalue weighted by Gasteiger charge is -2.20. The highest BCUT2D eigenvalue weighted by Crippen LogP contribution is 2.45. The first-order valence-corrected chi connectivity index (χ1v) is 9.46. The maximum Gasteiger partial charge on any atom is 0.191 e. The molecule has 160 valence electrons. The number of rotatable bonds is 5. The zero-order chi connectivity index (χ0) is 22.3. The Balaban J connectivity index is 2.01. The van der Waals surface area contributed by atoms with Gasteiger partial charge in [0.1, 0.15) is 40.8 Å². The van der Waals surface area contributed by atoms with Crippen molar-refractivity contribution >= 4 is 28.3 Å². The first kappa shape index (κ1) is 20.7. The number of benzene rings is 2. The van der Waals surface area contributed by atoms with Crippen molar-refractivity contribution < 1.29 is 18.3 Å². The summed E-state index contributed by atoms with van der Waals surface area (Å²) in [6.07, 6.45) is 2.15. The summed E-state index contributed by atoms with van der Waals surface area (Å²) in [5.41, 5.74) is 6.49. The number of fused-ring (bicyclic) bond motifs is 1. The topological polar surface area (TPSA) is 101 Å². The fourth-order valence-corrected chi connectivity index (χ4v) is 3.40. The average Bonchev–Trinajstić information content (AvgIpc) is 3.19. The second-order valence-corrected chi connectivity index (χ2v) is 7.07. The molecule has 2 heterocycles. The molecule has 0 spiro atoms. The van der Waals surface area contributed by atoms with E-state index in [2.05, 4.69) is 20.1 Å². The normalized spacial score (nSPS) is 12.2. The van der Waals surface area contributed by atoms with Crippen molar-refractivity contribution in [2.45, 2.75) is 13.0 Å². The molecule has 0 unspecified atom stereocenters. The zero-order valence-corrected chi connectivity index (χ0v) is 17.5. The lowest BCUT2D eigenvalue weighted by atomic mass is 9.99. The first-order chi connectivity index (χ1) is 14.8. The second kappa shape index (κ2) is 7.95. The third-order valence-corrected chi connectivity index (χ3v) is 5.02. The summed E-state index contributed by atoms with van der Waals surface area (Å²) < 4.78 is 41.9. The highest BCUT2D eigenvalue weighted by molar-refractivity contribution is 6.31. The van der Waals surface area contributed by atoms with E-state index in [0.29, 0.717) is 17.0 Å². The third-order valence-electron chi connectivity index (χ3n) is 4.68. The second-order valence-electron chi connectivity index (χ2n) is 6.69. The number of anilines is 1. The lowest BCUT2D eigenvalue weighted by molar-refractivity contribution is 0.216. The minimum absolute atomic E-state index is 0.0201. The van der Waals surface area contributed by atoms with Gasteiger partial charge in [0.25, 0.3) is 0 Å². The Morgan fingerprint density at radius 1 is 1.16 bits per heavy atom. The maximum atomic E-state index is 15.0. The first-order valence-electron chi connectivity index (χ1n) is 9.09. The minimum atomic E-state index is -0.959. The molecule has 2 N–H and O–H groups in total. The number of halogens is 3. The molecule has 0 saturated heterocycles. The molecule has 4 aromatic rings. The van der Waals surface area contributed by atoms with Crippen LogP contribution in [0.3, 0.4) is 0 Å². The summed E-state index contributed by atoms with van der Waals surface area (Å²) in [6, 6.07) is 3.86. The van der Waals surface area contributed by atoms with Crippen LogP contribution in [0.25, 0.3) is 22.0 Å². The Morgan fingerprint density at radius 3 is 2.61 bits per heavy atom. The number of nitrogen functional groups attached to an aromatic ring is 1. The van der Waals surface area contributed by atoms with Gasteiger partial charge in [-0.2, -0.15) is 5.10 Å². The van der Waals surface area contributed by atoms with Crippen molar-refractivity contribution in [3.63, 3.8) is 0 Å². The molecule has 0 fully saturated rings. The largest absolute Gasteiger partial charge is 0.496 e. The van der Waals surface area contributed by atoms with Gasteiger partial charge in [-0.05, 0) is 19.1 Å². The van der Waals surface area contributed by atoms with Crippen molar-refractivity contribution in [1.29, 1.82) is 0 Å². The van der Waals surface area contributed by atoms with E-state index in [1.165, 1.54) is 36.6 Å². The molecule has 0 bridgehead atoms. The van der Waals surface area contributed by atoms with Gasteiger partial charge in [-0.3, -0.25) is 4.68 Å². The van der Waals surface area contributed by atoms with E-state index in [4.69, 9.17) is 26.8 Å². The molecule has 0 aliphatic rings. The number of nitrogens with two attached hydrogens (primary N) is 1. The summed E-state index contributed by atoms with van der Waals surface area (Å²) >= 11 is 5.83. The molecule has 11 heteroatoms. The van der Waals surface area contributed by atoms with Crippen LogP contribution in [0.15, 0.2) is 30.9 Å². The maximum absolute atomic E-state index is 15.0. The van der Waals surface area contributed by atoms with E-state index < -0.39 is 22.8 Å². The van der Waals surface area contributed by atoms with Crippen molar-refractivity contribution in [2.75, 3.05) is 12.8 Å². The van der Waals surface area contributed by atoms with Gasteiger partial charge in [-0.1, -0.05) is 11.6 Å². The SMILES string of the molecule is COc1cc(O[C@H](C)c2ncn(C)n2)c(-c2ccc(F)c(Cl)c2F)c2ncnc(N)c12. The molecule has 2 aromatic heterocycles. The third kappa shape index (κ3) is 3.59. The van der Waals surface area contributed by atoms with E-state index in [1.807, 2.05) is 0 Å². The smallest absolute Gasteiger partial charge is 0.191 e. The molecule has 1 atom stereocenters. The van der Waals surface area contributed by atoms with Crippen LogP contribution in [0, 0.1) is 11.6 Å². The number of hydrogen-bond donors (Lipinski definition) is 1. The molecule has 0 saturated carbocycles. The van der Waals surface area contributed by atoms with Gasteiger partial charge < -0.3 is 15.2 Å². The van der Waals surface area contributed by atoms with E-state index in [1.54, 1.807) is 14.0 Å². The molecule has 2 aromatic carbocycles. The van der Waals surface area contributed by atoms with Gasteiger partial charge in [0.05, 0.1) is 23.6 Å².